The Bertz CT molecular complexity index is 446. The predicted octanol–water partition coefficient (Wildman–Crippen LogP) is 0.143. The van der Waals surface area contributed by atoms with Crippen LogP contribution in [0.15, 0.2) is 18.2 Å². The van der Waals surface area contributed by atoms with Gasteiger partial charge in [-0.05, 0) is 25.1 Å². The van der Waals surface area contributed by atoms with Gasteiger partial charge in [-0.2, -0.15) is 0 Å². The first-order chi connectivity index (χ1) is 8.58. The SMILES string of the molecule is CCNC(=O)c1ccc(N)c(OCC(=O)NC)c1. The number of hydrogen-bond acceptors (Lipinski definition) is 4. The van der Waals surface area contributed by atoms with E-state index in [1.54, 1.807) is 12.1 Å². The molecule has 1 rings (SSSR count). The number of anilines is 1. The quantitative estimate of drug-likeness (QED) is 0.649. The molecule has 0 aliphatic carbocycles. The van der Waals surface area contributed by atoms with Gasteiger partial charge in [0.2, 0.25) is 0 Å². The molecule has 0 spiro atoms. The van der Waals surface area contributed by atoms with E-state index in [4.69, 9.17) is 10.5 Å². The average Bonchev–Trinajstić information content (AvgIpc) is 2.37. The van der Waals surface area contributed by atoms with Crippen LogP contribution >= 0.6 is 0 Å². The molecule has 0 bridgehead atoms. The van der Waals surface area contributed by atoms with Gasteiger partial charge in [0.15, 0.2) is 6.61 Å². The van der Waals surface area contributed by atoms with Crippen LogP contribution in [0.2, 0.25) is 0 Å². The second-order valence-electron chi connectivity index (χ2n) is 3.57. The number of carbonyl (C=O) groups excluding carboxylic acids is 2. The summed E-state index contributed by atoms with van der Waals surface area (Å²) in [5.41, 5.74) is 6.53. The van der Waals surface area contributed by atoms with Gasteiger partial charge in [-0.1, -0.05) is 0 Å². The number of nitrogen functional groups attached to an aromatic ring is 1. The number of likely N-dealkylation sites (N-methyl/N-ethyl adjacent to an activating group) is 1. The highest BCUT2D eigenvalue weighted by Gasteiger charge is 2.09. The van der Waals surface area contributed by atoms with Crippen molar-refractivity contribution in [3.8, 4) is 5.75 Å². The number of rotatable bonds is 5. The molecule has 0 saturated carbocycles. The fourth-order valence-corrected chi connectivity index (χ4v) is 1.28. The molecule has 18 heavy (non-hydrogen) atoms. The monoisotopic (exact) mass is 251 g/mol. The van der Waals surface area contributed by atoms with Gasteiger partial charge in [-0.15, -0.1) is 0 Å². The molecule has 1 aromatic carbocycles. The van der Waals surface area contributed by atoms with E-state index < -0.39 is 0 Å². The van der Waals surface area contributed by atoms with E-state index in [0.29, 0.717) is 23.5 Å². The van der Waals surface area contributed by atoms with Crippen molar-refractivity contribution in [1.29, 1.82) is 0 Å². The molecule has 98 valence electrons. The van der Waals surface area contributed by atoms with Gasteiger partial charge >= 0.3 is 0 Å². The van der Waals surface area contributed by atoms with Crippen LogP contribution in [0, 0.1) is 0 Å². The van der Waals surface area contributed by atoms with Crippen LogP contribution in [0.1, 0.15) is 17.3 Å². The van der Waals surface area contributed by atoms with Gasteiger partial charge < -0.3 is 21.1 Å². The van der Waals surface area contributed by atoms with Crippen molar-refractivity contribution in [1.82, 2.24) is 10.6 Å². The number of ether oxygens (including phenoxy) is 1. The minimum atomic E-state index is -0.266. The molecule has 0 radical (unpaired) electrons. The Morgan fingerprint density at radius 2 is 2.11 bits per heavy atom. The van der Waals surface area contributed by atoms with Crippen LogP contribution in [-0.2, 0) is 4.79 Å². The predicted molar refractivity (Wildman–Crippen MR) is 68.4 cm³/mol. The summed E-state index contributed by atoms with van der Waals surface area (Å²) in [6, 6.07) is 4.69. The zero-order valence-corrected chi connectivity index (χ0v) is 10.4. The number of hydrogen-bond donors (Lipinski definition) is 3. The summed E-state index contributed by atoms with van der Waals surface area (Å²) in [5, 5.41) is 5.10. The highest BCUT2D eigenvalue weighted by Crippen LogP contribution is 2.22. The Morgan fingerprint density at radius 3 is 2.72 bits per heavy atom. The Balaban J connectivity index is 2.81. The van der Waals surface area contributed by atoms with E-state index in [2.05, 4.69) is 10.6 Å². The molecule has 0 fully saturated rings. The zero-order valence-electron chi connectivity index (χ0n) is 10.4. The lowest BCUT2D eigenvalue weighted by Gasteiger charge is -2.10. The summed E-state index contributed by atoms with van der Waals surface area (Å²) in [4.78, 5) is 22.7. The van der Waals surface area contributed by atoms with Gasteiger partial charge in [-0.25, -0.2) is 0 Å². The fourth-order valence-electron chi connectivity index (χ4n) is 1.28. The molecule has 0 aliphatic rings. The lowest BCUT2D eigenvalue weighted by molar-refractivity contribution is -0.122. The van der Waals surface area contributed by atoms with Gasteiger partial charge in [0.25, 0.3) is 11.8 Å². The van der Waals surface area contributed by atoms with Crippen LogP contribution in [0.3, 0.4) is 0 Å². The van der Waals surface area contributed by atoms with Gasteiger partial charge in [0, 0.05) is 19.2 Å². The van der Waals surface area contributed by atoms with Crippen molar-refractivity contribution in [2.45, 2.75) is 6.92 Å². The molecule has 2 amide bonds. The number of amides is 2. The number of nitrogens with one attached hydrogen (secondary N) is 2. The average molecular weight is 251 g/mol. The number of benzene rings is 1. The molecule has 0 aromatic heterocycles. The molecule has 6 heteroatoms. The summed E-state index contributed by atoms with van der Waals surface area (Å²) in [6.45, 7) is 2.23. The van der Waals surface area contributed by atoms with E-state index in [1.807, 2.05) is 6.92 Å². The first-order valence-electron chi connectivity index (χ1n) is 5.59. The smallest absolute Gasteiger partial charge is 0.257 e. The Labute approximate surface area is 105 Å². The Kier molecular flexibility index (Phi) is 4.98. The standard InChI is InChI=1S/C12H17N3O3/c1-3-15-12(17)8-4-5-9(13)10(6-8)18-7-11(16)14-2/h4-6H,3,7,13H2,1-2H3,(H,14,16)(H,15,17). The second kappa shape index (κ2) is 6.48. The lowest BCUT2D eigenvalue weighted by Crippen LogP contribution is -2.25. The third-order valence-corrected chi connectivity index (χ3v) is 2.25. The van der Waals surface area contributed by atoms with Crippen molar-refractivity contribution in [2.75, 3.05) is 25.9 Å². The molecule has 1 aromatic rings. The number of nitrogens with two attached hydrogens (primary N) is 1. The van der Waals surface area contributed by atoms with Crippen molar-refractivity contribution in [2.24, 2.45) is 0 Å². The van der Waals surface area contributed by atoms with Crippen LogP contribution in [0.25, 0.3) is 0 Å². The maximum Gasteiger partial charge on any atom is 0.257 e. The Hall–Kier alpha value is -2.24. The molecule has 0 heterocycles. The summed E-state index contributed by atoms with van der Waals surface area (Å²) in [6.07, 6.45) is 0. The third-order valence-electron chi connectivity index (χ3n) is 2.25. The van der Waals surface area contributed by atoms with Crippen LogP contribution in [0.5, 0.6) is 5.75 Å². The lowest BCUT2D eigenvalue weighted by atomic mass is 10.2. The molecule has 6 nitrogen and oxygen atoms in total. The highest BCUT2D eigenvalue weighted by atomic mass is 16.5. The van der Waals surface area contributed by atoms with E-state index in [0.717, 1.165) is 0 Å². The van der Waals surface area contributed by atoms with Crippen LogP contribution in [0.4, 0.5) is 5.69 Å². The second-order valence-corrected chi connectivity index (χ2v) is 3.57. The van der Waals surface area contributed by atoms with Crippen molar-refractivity contribution in [3.63, 3.8) is 0 Å². The van der Waals surface area contributed by atoms with E-state index in [1.165, 1.54) is 13.1 Å². The molecule has 4 N–H and O–H groups in total. The molecule has 0 atom stereocenters. The van der Waals surface area contributed by atoms with Gasteiger partial charge in [0.1, 0.15) is 5.75 Å². The van der Waals surface area contributed by atoms with E-state index >= 15 is 0 Å². The van der Waals surface area contributed by atoms with E-state index in [9.17, 15) is 9.59 Å². The minimum absolute atomic E-state index is 0.139. The molecule has 0 saturated heterocycles. The zero-order chi connectivity index (χ0) is 13.5. The maximum atomic E-state index is 11.6. The third kappa shape index (κ3) is 3.65. The summed E-state index contributed by atoms with van der Waals surface area (Å²) >= 11 is 0. The summed E-state index contributed by atoms with van der Waals surface area (Å²) < 4.78 is 5.24. The van der Waals surface area contributed by atoms with Gasteiger partial charge in [-0.3, -0.25) is 9.59 Å². The summed E-state index contributed by atoms with van der Waals surface area (Å²) in [7, 11) is 1.51. The van der Waals surface area contributed by atoms with Gasteiger partial charge in [0.05, 0.1) is 5.69 Å². The molecule has 0 aliphatic heterocycles. The normalized spacial score (nSPS) is 9.67. The van der Waals surface area contributed by atoms with Crippen molar-refractivity contribution in [3.05, 3.63) is 23.8 Å². The number of carbonyl (C=O) groups is 2. The molecular formula is C12H17N3O3. The van der Waals surface area contributed by atoms with Crippen LogP contribution < -0.4 is 21.1 Å². The minimum Gasteiger partial charge on any atom is -0.482 e. The Morgan fingerprint density at radius 1 is 1.39 bits per heavy atom. The van der Waals surface area contributed by atoms with Crippen molar-refractivity contribution >= 4 is 17.5 Å². The largest absolute Gasteiger partial charge is 0.482 e. The first kappa shape index (κ1) is 13.8. The van der Waals surface area contributed by atoms with Crippen molar-refractivity contribution < 1.29 is 14.3 Å². The van der Waals surface area contributed by atoms with E-state index in [-0.39, 0.29) is 18.4 Å². The summed E-state index contributed by atoms with van der Waals surface area (Å²) in [5.74, 6) is -0.151. The maximum absolute atomic E-state index is 11.6. The molecule has 0 unspecified atom stereocenters. The fraction of sp³-hybridized carbons (Fsp3) is 0.333. The first-order valence-corrected chi connectivity index (χ1v) is 5.59. The topological polar surface area (TPSA) is 93.5 Å². The van der Waals surface area contributed by atoms with Crippen LogP contribution in [-0.4, -0.2) is 32.0 Å². The highest BCUT2D eigenvalue weighted by molar-refractivity contribution is 5.95. The molecular weight excluding hydrogens is 234 g/mol.